The van der Waals surface area contributed by atoms with E-state index >= 15 is 0 Å². The van der Waals surface area contributed by atoms with E-state index in [9.17, 15) is 0 Å². The van der Waals surface area contributed by atoms with E-state index in [0.717, 1.165) is 22.0 Å². The fraction of sp³-hybridized carbons (Fsp3) is 0.154. The molecule has 0 amide bonds. The predicted molar refractivity (Wildman–Crippen MR) is 85.1 cm³/mol. The van der Waals surface area contributed by atoms with Gasteiger partial charge in [0.2, 0.25) is 4.88 Å². The van der Waals surface area contributed by atoms with E-state index in [1.54, 1.807) is 17.9 Å². The first kappa shape index (κ1) is 13.8. The van der Waals surface area contributed by atoms with Gasteiger partial charge in [0.05, 0.1) is 28.0 Å². The van der Waals surface area contributed by atoms with E-state index in [4.69, 9.17) is 15.9 Å². The number of hydrogen-bond donors (Lipinski definition) is 3. The Bertz CT molecular complexity index is 595. The molecular formula is C13H16N3OS2+. The van der Waals surface area contributed by atoms with Crippen LogP contribution in [0.1, 0.15) is 4.88 Å². The Morgan fingerprint density at radius 1 is 1.42 bits per heavy atom. The Kier molecular flexibility index (Phi) is 4.34. The summed E-state index contributed by atoms with van der Waals surface area (Å²) in [5.74, 6) is 0.919. The highest BCUT2D eigenvalue weighted by molar-refractivity contribution is 8.45. The van der Waals surface area contributed by atoms with Crippen molar-refractivity contribution in [1.82, 2.24) is 0 Å². The van der Waals surface area contributed by atoms with Crippen LogP contribution in [0.4, 0.5) is 11.4 Å². The number of nitrogens with two attached hydrogens (primary N) is 1. The Balaban J connectivity index is 2.31. The van der Waals surface area contributed by atoms with E-state index < -0.39 is 0 Å². The average molecular weight is 294 g/mol. The van der Waals surface area contributed by atoms with Crippen LogP contribution in [0.25, 0.3) is 0 Å². The Morgan fingerprint density at radius 2 is 2.16 bits per heavy atom. The van der Waals surface area contributed by atoms with Gasteiger partial charge in [-0.2, -0.15) is 0 Å². The lowest BCUT2D eigenvalue weighted by Gasteiger charge is -2.08. The smallest absolute Gasteiger partial charge is 0.230 e. The normalized spacial score (nSPS) is 11.2. The molecule has 1 unspecified atom stereocenters. The molecular weight excluding hydrogens is 278 g/mol. The quantitative estimate of drug-likeness (QED) is 0.341. The number of nitrogen functional groups attached to an aromatic ring is 1. The molecule has 0 spiro atoms. The van der Waals surface area contributed by atoms with Gasteiger partial charge in [0.1, 0.15) is 16.5 Å². The highest BCUT2D eigenvalue weighted by atomic mass is 33.1. The summed E-state index contributed by atoms with van der Waals surface area (Å²) in [6.45, 7) is 0. The lowest BCUT2D eigenvalue weighted by atomic mass is 10.3. The maximum absolute atomic E-state index is 7.59. The van der Waals surface area contributed by atoms with Gasteiger partial charge in [0.15, 0.2) is 11.2 Å². The van der Waals surface area contributed by atoms with Crippen LogP contribution >= 0.6 is 20.3 Å². The van der Waals surface area contributed by atoms with Gasteiger partial charge in [0.25, 0.3) is 0 Å². The van der Waals surface area contributed by atoms with Gasteiger partial charge < -0.3 is 15.8 Å². The standard InChI is InChI=1S/C13H16N3OS2/c1-17-11-6-4-3-5-10(11)16-9-7-12(13(14)15)19(8-9)18-2/h3-8,16H,1-2H3,(H3,14,15)/q+1. The van der Waals surface area contributed by atoms with Crippen LogP contribution in [0, 0.1) is 5.41 Å². The molecule has 1 heterocycles. The van der Waals surface area contributed by atoms with Gasteiger partial charge in [-0.25, -0.2) is 0 Å². The predicted octanol–water partition coefficient (Wildman–Crippen LogP) is 3.60. The summed E-state index contributed by atoms with van der Waals surface area (Å²) < 4.78 is 5.30. The van der Waals surface area contributed by atoms with Crippen molar-refractivity contribution in [2.45, 2.75) is 0 Å². The van der Waals surface area contributed by atoms with Gasteiger partial charge in [-0.05, 0) is 12.1 Å². The summed E-state index contributed by atoms with van der Waals surface area (Å²) in [6, 6.07) is 9.66. The second-order valence-electron chi connectivity index (χ2n) is 3.78. The molecule has 2 aromatic rings. The van der Waals surface area contributed by atoms with Crippen molar-refractivity contribution in [1.29, 1.82) is 5.41 Å². The molecule has 4 nitrogen and oxygen atoms in total. The largest absolute Gasteiger partial charge is 0.495 e. The van der Waals surface area contributed by atoms with Crippen molar-refractivity contribution in [3.05, 3.63) is 40.6 Å². The minimum Gasteiger partial charge on any atom is -0.495 e. The third-order valence-electron chi connectivity index (χ3n) is 2.57. The van der Waals surface area contributed by atoms with E-state index in [0.29, 0.717) is 0 Å². The van der Waals surface area contributed by atoms with Crippen molar-refractivity contribution in [3.8, 4) is 5.75 Å². The Labute approximate surface area is 118 Å². The topological polar surface area (TPSA) is 71.1 Å². The maximum Gasteiger partial charge on any atom is 0.230 e. The third-order valence-corrected chi connectivity index (χ3v) is 6.07. The zero-order chi connectivity index (χ0) is 13.8. The lowest BCUT2D eigenvalue weighted by Crippen LogP contribution is -2.09. The Hall–Kier alpha value is -1.66. The zero-order valence-corrected chi connectivity index (χ0v) is 12.4. The van der Waals surface area contributed by atoms with Crippen molar-refractivity contribution in [2.24, 2.45) is 5.73 Å². The number of hydrogen-bond acceptors (Lipinski definition) is 4. The molecule has 4 N–H and O–H groups in total. The zero-order valence-electron chi connectivity index (χ0n) is 10.8. The third kappa shape index (κ3) is 3.02. The van der Waals surface area contributed by atoms with Crippen LogP contribution in [-0.4, -0.2) is 19.2 Å². The second-order valence-corrected chi connectivity index (χ2v) is 7.47. The highest BCUT2D eigenvalue weighted by Crippen LogP contribution is 2.40. The summed E-state index contributed by atoms with van der Waals surface area (Å²) >= 11 is 0. The minimum atomic E-state index is -0.152. The first-order valence-corrected chi connectivity index (χ1v) is 8.64. The van der Waals surface area contributed by atoms with Gasteiger partial charge in [-0.15, -0.1) is 0 Å². The minimum absolute atomic E-state index is 0.130. The number of amidine groups is 1. The highest BCUT2D eigenvalue weighted by Gasteiger charge is 2.20. The number of benzene rings is 1. The molecule has 0 aliphatic heterocycles. The van der Waals surface area contributed by atoms with Crippen LogP contribution in [0.3, 0.4) is 0 Å². The monoisotopic (exact) mass is 294 g/mol. The van der Waals surface area contributed by atoms with Crippen LogP contribution in [0.15, 0.2) is 35.7 Å². The fourth-order valence-electron chi connectivity index (χ4n) is 1.71. The van der Waals surface area contributed by atoms with E-state index in [1.165, 1.54) is 0 Å². The second kappa shape index (κ2) is 5.99. The average Bonchev–Trinajstić information content (AvgIpc) is 2.82. The molecule has 0 fully saturated rings. The first-order valence-electron chi connectivity index (χ1n) is 5.61. The summed E-state index contributed by atoms with van der Waals surface area (Å²) in [4.78, 5) is 0.866. The van der Waals surface area contributed by atoms with Crippen molar-refractivity contribution >= 4 is 37.5 Å². The van der Waals surface area contributed by atoms with Gasteiger partial charge in [-0.3, -0.25) is 5.41 Å². The molecule has 0 bridgehead atoms. The molecule has 0 aliphatic rings. The number of methoxy groups -OCH3 is 1. The van der Waals surface area contributed by atoms with Crippen LogP contribution < -0.4 is 15.8 Å². The first-order chi connectivity index (χ1) is 9.15. The van der Waals surface area contributed by atoms with Gasteiger partial charge in [-0.1, -0.05) is 12.1 Å². The number of rotatable bonds is 5. The van der Waals surface area contributed by atoms with Crippen LogP contribution in [0.5, 0.6) is 5.75 Å². The Morgan fingerprint density at radius 3 is 2.74 bits per heavy atom. The van der Waals surface area contributed by atoms with Crippen LogP contribution in [-0.2, 0) is 0 Å². The van der Waals surface area contributed by atoms with Gasteiger partial charge in [0, 0.05) is 12.3 Å². The number of nitrogens with one attached hydrogen (secondary N) is 2. The fourth-order valence-corrected chi connectivity index (χ4v) is 4.48. The van der Waals surface area contributed by atoms with Crippen molar-refractivity contribution in [2.75, 3.05) is 18.7 Å². The molecule has 0 saturated heterocycles. The summed E-state index contributed by atoms with van der Waals surface area (Å²) in [5.41, 5.74) is 7.45. The van der Waals surface area contributed by atoms with Crippen molar-refractivity contribution in [3.63, 3.8) is 0 Å². The van der Waals surface area contributed by atoms with E-state index in [1.807, 2.05) is 36.6 Å². The number of ether oxygens (including phenoxy) is 1. The van der Waals surface area contributed by atoms with Crippen molar-refractivity contribution < 1.29 is 4.74 Å². The molecule has 19 heavy (non-hydrogen) atoms. The molecule has 1 atom stereocenters. The maximum atomic E-state index is 7.59. The molecule has 6 heteroatoms. The number of anilines is 2. The SMILES string of the molecule is COc1ccccc1Nc1cc(C(=N)N)[s+](SC)c1. The molecule has 100 valence electrons. The molecule has 0 saturated carbocycles. The van der Waals surface area contributed by atoms with E-state index in [2.05, 4.69) is 10.7 Å². The molecule has 2 rings (SSSR count). The lowest BCUT2D eigenvalue weighted by molar-refractivity contribution is 0.417. The van der Waals surface area contributed by atoms with Gasteiger partial charge >= 0.3 is 0 Å². The number of thiophene rings is 1. The summed E-state index contributed by atoms with van der Waals surface area (Å²) in [6.07, 6.45) is 2.02. The molecule has 0 aliphatic carbocycles. The summed E-state index contributed by atoms with van der Waals surface area (Å²) in [7, 11) is 3.18. The summed E-state index contributed by atoms with van der Waals surface area (Å²) in [5, 5.41) is 13.0. The molecule has 1 aromatic heterocycles. The van der Waals surface area contributed by atoms with Crippen LogP contribution in [0.2, 0.25) is 0 Å². The number of para-hydroxylation sites is 2. The molecule has 1 aromatic carbocycles. The van der Waals surface area contributed by atoms with E-state index in [-0.39, 0.29) is 15.3 Å². The molecule has 0 radical (unpaired) electrons.